The summed E-state index contributed by atoms with van der Waals surface area (Å²) in [5.74, 6) is -1.89. The van der Waals surface area contributed by atoms with E-state index < -0.39 is 30.3 Å². The minimum absolute atomic E-state index is 0.00309. The molecular weight excluding hydrogens is 419 g/mol. The molecule has 0 spiro atoms. The molecule has 1 atom stereocenters. The zero-order valence-corrected chi connectivity index (χ0v) is 16.6. The van der Waals surface area contributed by atoms with Crippen LogP contribution in [0.2, 0.25) is 0 Å². The second kappa shape index (κ2) is 8.61. The van der Waals surface area contributed by atoms with Gasteiger partial charge >= 0.3 is 12.5 Å². The third-order valence-electron chi connectivity index (χ3n) is 5.58. The molecule has 0 bridgehead atoms. The van der Waals surface area contributed by atoms with E-state index in [1.807, 2.05) is 15.2 Å². The average molecular weight is 441 g/mol. The van der Waals surface area contributed by atoms with Gasteiger partial charge in [-0.15, -0.1) is 0 Å². The first-order valence-corrected chi connectivity index (χ1v) is 9.97. The van der Waals surface area contributed by atoms with E-state index in [2.05, 4.69) is 0 Å². The van der Waals surface area contributed by atoms with E-state index in [4.69, 9.17) is 4.74 Å². The molecule has 3 fully saturated rings. The quantitative estimate of drug-likeness (QED) is 0.728. The standard InChI is InChI=1S/C19H22F3N5O4/c20-14-9-12(26-11-13(31-19(26)30)10-23-18(29)17(21)22)1-2-15(14)24-5-7-25-4-3-16(28)27(25)8-6-24/h1-2,9,13,17H,3-8,10-11H2,(H,23,29). The van der Waals surface area contributed by atoms with Crippen molar-refractivity contribution in [3.63, 3.8) is 0 Å². The first kappa shape index (κ1) is 21.2. The van der Waals surface area contributed by atoms with Crippen molar-refractivity contribution in [1.29, 1.82) is 0 Å². The predicted octanol–water partition coefficient (Wildman–Crippen LogP) is 0.801. The Bertz CT molecular complexity index is 886. The fraction of sp³-hybridized carbons (Fsp3) is 0.526. The van der Waals surface area contributed by atoms with Gasteiger partial charge in [0.2, 0.25) is 5.91 Å². The smallest absolute Gasteiger partial charge is 0.414 e. The number of alkyl halides is 2. The van der Waals surface area contributed by atoms with Crippen LogP contribution in [-0.4, -0.2) is 86.3 Å². The summed E-state index contributed by atoms with van der Waals surface area (Å²) in [5.41, 5.74) is 0.634. The fourth-order valence-electron chi connectivity index (χ4n) is 3.99. The Morgan fingerprint density at radius 3 is 2.68 bits per heavy atom. The van der Waals surface area contributed by atoms with Gasteiger partial charge in [-0.25, -0.2) is 14.2 Å². The maximum absolute atomic E-state index is 14.9. The molecule has 9 nitrogen and oxygen atoms in total. The number of nitrogens with one attached hydrogen (secondary N) is 1. The van der Waals surface area contributed by atoms with Crippen LogP contribution in [0, 0.1) is 5.82 Å². The summed E-state index contributed by atoms with van der Waals surface area (Å²) >= 11 is 0. The van der Waals surface area contributed by atoms with Crippen molar-refractivity contribution in [2.45, 2.75) is 19.0 Å². The Kier molecular flexibility index (Phi) is 5.90. The largest absolute Gasteiger partial charge is 0.442 e. The van der Waals surface area contributed by atoms with Gasteiger partial charge in [-0.2, -0.15) is 8.78 Å². The van der Waals surface area contributed by atoms with Gasteiger partial charge < -0.3 is 15.0 Å². The number of ether oxygens (including phenoxy) is 1. The van der Waals surface area contributed by atoms with Crippen LogP contribution in [0.15, 0.2) is 18.2 Å². The van der Waals surface area contributed by atoms with Crippen molar-refractivity contribution in [3.8, 4) is 0 Å². The highest BCUT2D eigenvalue weighted by molar-refractivity contribution is 5.90. The Hall–Kier alpha value is -3.02. The molecule has 3 saturated heterocycles. The Labute approximate surface area is 176 Å². The molecule has 3 aliphatic rings. The second-order valence-electron chi connectivity index (χ2n) is 7.51. The number of anilines is 2. The van der Waals surface area contributed by atoms with Gasteiger partial charge in [-0.05, 0) is 18.2 Å². The molecule has 3 heterocycles. The van der Waals surface area contributed by atoms with Gasteiger partial charge in [0.15, 0.2) is 0 Å². The van der Waals surface area contributed by atoms with Gasteiger partial charge in [0, 0.05) is 32.6 Å². The number of carbonyl (C=O) groups is 3. The Morgan fingerprint density at radius 1 is 1.16 bits per heavy atom. The van der Waals surface area contributed by atoms with Gasteiger partial charge in [-0.3, -0.25) is 19.5 Å². The molecule has 1 N–H and O–H groups in total. The third-order valence-corrected chi connectivity index (χ3v) is 5.58. The van der Waals surface area contributed by atoms with E-state index in [9.17, 15) is 27.6 Å². The van der Waals surface area contributed by atoms with E-state index >= 15 is 0 Å². The molecule has 4 rings (SSSR count). The summed E-state index contributed by atoms with van der Waals surface area (Å²) < 4.78 is 44.5. The van der Waals surface area contributed by atoms with E-state index in [1.165, 1.54) is 11.0 Å². The Morgan fingerprint density at radius 2 is 1.94 bits per heavy atom. The summed E-state index contributed by atoms with van der Waals surface area (Å²) in [5, 5.41) is 5.68. The number of nitrogens with zero attached hydrogens (tertiary/aromatic N) is 4. The van der Waals surface area contributed by atoms with E-state index in [0.717, 1.165) is 0 Å². The number of carbonyl (C=O) groups excluding carboxylic acids is 3. The van der Waals surface area contributed by atoms with Crippen LogP contribution in [0.4, 0.5) is 29.3 Å². The van der Waals surface area contributed by atoms with Crippen LogP contribution in [-0.2, 0) is 14.3 Å². The van der Waals surface area contributed by atoms with Gasteiger partial charge in [0.1, 0.15) is 11.9 Å². The van der Waals surface area contributed by atoms with Gasteiger partial charge in [0.05, 0.1) is 31.0 Å². The lowest BCUT2D eigenvalue weighted by Crippen LogP contribution is -2.39. The summed E-state index contributed by atoms with van der Waals surface area (Å²) in [4.78, 5) is 38.1. The highest BCUT2D eigenvalue weighted by Gasteiger charge is 2.34. The molecule has 0 saturated carbocycles. The monoisotopic (exact) mass is 441 g/mol. The van der Waals surface area contributed by atoms with E-state index in [-0.39, 0.29) is 24.7 Å². The second-order valence-corrected chi connectivity index (χ2v) is 7.51. The first-order chi connectivity index (χ1) is 14.8. The lowest BCUT2D eigenvalue weighted by atomic mass is 10.2. The molecule has 168 valence electrons. The molecule has 0 aromatic heterocycles. The van der Waals surface area contributed by atoms with Crippen molar-refractivity contribution in [2.75, 3.05) is 55.6 Å². The fourth-order valence-corrected chi connectivity index (χ4v) is 3.99. The van der Waals surface area contributed by atoms with Gasteiger partial charge in [0.25, 0.3) is 5.91 Å². The minimum atomic E-state index is -3.15. The molecule has 12 heteroatoms. The molecule has 3 amide bonds. The summed E-state index contributed by atoms with van der Waals surface area (Å²) in [6.07, 6.45) is -4.21. The molecule has 1 unspecified atom stereocenters. The molecule has 31 heavy (non-hydrogen) atoms. The summed E-state index contributed by atoms with van der Waals surface area (Å²) in [6, 6.07) is 4.36. The predicted molar refractivity (Wildman–Crippen MR) is 103 cm³/mol. The van der Waals surface area contributed by atoms with Crippen molar-refractivity contribution in [1.82, 2.24) is 15.3 Å². The number of fused-ring (bicyclic) bond motifs is 1. The third kappa shape index (κ3) is 4.38. The van der Waals surface area contributed by atoms with Crippen molar-refractivity contribution in [3.05, 3.63) is 24.0 Å². The number of halogens is 3. The number of rotatable bonds is 5. The highest BCUT2D eigenvalue weighted by Crippen LogP contribution is 2.29. The normalized spacial score (nSPS) is 22.1. The number of benzene rings is 1. The van der Waals surface area contributed by atoms with Crippen LogP contribution >= 0.6 is 0 Å². The number of hydrogen-bond acceptors (Lipinski definition) is 6. The first-order valence-electron chi connectivity index (χ1n) is 9.97. The highest BCUT2D eigenvalue weighted by atomic mass is 19.3. The van der Waals surface area contributed by atoms with Crippen molar-refractivity contribution < 1.29 is 32.3 Å². The lowest BCUT2D eigenvalue weighted by molar-refractivity contribution is -0.136. The average Bonchev–Trinajstić information content (AvgIpc) is 3.20. The maximum Gasteiger partial charge on any atom is 0.414 e. The number of amides is 3. The van der Waals surface area contributed by atoms with Crippen LogP contribution in [0.1, 0.15) is 6.42 Å². The van der Waals surface area contributed by atoms with Crippen molar-refractivity contribution in [2.24, 2.45) is 0 Å². The SMILES string of the molecule is O=C(NCC1CN(c2ccc(N3CCN4CCC(=O)N4CC3)c(F)c2)C(=O)O1)C(F)F. The molecule has 0 aliphatic carbocycles. The lowest BCUT2D eigenvalue weighted by Gasteiger charge is -2.24. The zero-order valence-electron chi connectivity index (χ0n) is 16.6. The number of cyclic esters (lactones) is 1. The van der Waals surface area contributed by atoms with E-state index in [1.54, 1.807) is 17.1 Å². The number of hydrogen-bond donors (Lipinski definition) is 1. The van der Waals surface area contributed by atoms with Crippen LogP contribution in [0.3, 0.4) is 0 Å². The van der Waals surface area contributed by atoms with E-state index in [0.29, 0.717) is 44.8 Å². The topological polar surface area (TPSA) is 85.4 Å². The van der Waals surface area contributed by atoms with Crippen molar-refractivity contribution >= 4 is 29.3 Å². The Balaban J connectivity index is 1.40. The maximum atomic E-state index is 14.9. The van der Waals surface area contributed by atoms with Crippen LogP contribution in [0.25, 0.3) is 0 Å². The molecule has 0 radical (unpaired) electrons. The zero-order chi connectivity index (χ0) is 22.1. The molecule has 1 aromatic rings. The summed E-state index contributed by atoms with van der Waals surface area (Å²) in [7, 11) is 0. The number of hydrazine groups is 1. The van der Waals surface area contributed by atoms with Gasteiger partial charge in [-0.1, -0.05) is 0 Å². The minimum Gasteiger partial charge on any atom is -0.442 e. The van der Waals surface area contributed by atoms with Crippen LogP contribution < -0.4 is 15.1 Å². The molecule has 3 aliphatic heterocycles. The van der Waals surface area contributed by atoms with Crippen LogP contribution in [0.5, 0.6) is 0 Å². The summed E-state index contributed by atoms with van der Waals surface area (Å²) in [6.45, 7) is 2.53. The molecule has 1 aromatic carbocycles. The molecular formula is C19H22F3N5O4.